The van der Waals surface area contributed by atoms with Crippen molar-refractivity contribution in [1.29, 1.82) is 0 Å². The molecule has 0 bridgehead atoms. The zero-order valence-electron chi connectivity index (χ0n) is 12.8. The maximum Gasteiger partial charge on any atom is 0.331 e. The maximum absolute atomic E-state index is 12.2. The van der Waals surface area contributed by atoms with Crippen LogP contribution < -0.4 is 10.1 Å². The number of hydrogen-bond acceptors (Lipinski definition) is 4. The van der Waals surface area contributed by atoms with E-state index in [2.05, 4.69) is 5.32 Å². The first-order valence-corrected chi connectivity index (χ1v) is 7.23. The number of aliphatic carboxylic acids is 1. The fourth-order valence-electron chi connectivity index (χ4n) is 2.67. The Morgan fingerprint density at radius 3 is 2.77 bits per heavy atom. The topological polar surface area (TPSA) is 84.9 Å². The molecule has 1 saturated heterocycles. The van der Waals surface area contributed by atoms with Crippen LogP contribution in [0.5, 0.6) is 5.75 Å². The molecule has 2 unspecified atom stereocenters. The van der Waals surface area contributed by atoms with E-state index in [0.717, 1.165) is 11.3 Å². The molecule has 0 aliphatic carbocycles. The van der Waals surface area contributed by atoms with Gasteiger partial charge >= 0.3 is 5.97 Å². The van der Waals surface area contributed by atoms with Gasteiger partial charge in [-0.25, -0.2) is 4.79 Å². The lowest BCUT2D eigenvalue weighted by Gasteiger charge is -2.25. The van der Waals surface area contributed by atoms with E-state index in [4.69, 9.17) is 9.47 Å². The number of ether oxygens (including phenoxy) is 2. The van der Waals surface area contributed by atoms with Crippen LogP contribution in [0.3, 0.4) is 0 Å². The van der Waals surface area contributed by atoms with Crippen LogP contribution in [0.4, 0.5) is 0 Å². The Morgan fingerprint density at radius 1 is 1.45 bits per heavy atom. The van der Waals surface area contributed by atoms with Gasteiger partial charge in [0.15, 0.2) is 5.54 Å². The molecule has 1 amide bonds. The lowest BCUT2D eigenvalue weighted by atomic mass is 9.94. The summed E-state index contributed by atoms with van der Waals surface area (Å²) < 4.78 is 10.4. The summed E-state index contributed by atoms with van der Waals surface area (Å²) in [6, 6.07) is 7.50. The molecular formula is C16H21NO5. The normalized spacial score (nSPS) is 22.1. The molecule has 0 saturated carbocycles. The Hall–Kier alpha value is -2.08. The first-order valence-electron chi connectivity index (χ1n) is 7.23. The third-order valence-electron chi connectivity index (χ3n) is 3.97. The molecule has 22 heavy (non-hydrogen) atoms. The minimum absolute atomic E-state index is 0.0110. The summed E-state index contributed by atoms with van der Waals surface area (Å²) in [6.07, 6.45) is 0.479. The first kappa shape index (κ1) is 16.3. The molecule has 2 N–H and O–H groups in total. The molecule has 1 heterocycles. The first-order chi connectivity index (χ1) is 10.5. The highest BCUT2D eigenvalue weighted by atomic mass is 16.5. The van der Waals surface area contributed by atoms with Gasteiger partial charge in [-0.15, -0.1) is 0 Å². The minimum Gasteiger partial charge on any atom is -0.496 e. The Balaban J connectivity index is 2.03. The fraction of sp³-hybridized carbons (Fsp3) is 0.500. The van der Waals surface area contributed by atoms with Crippen LogP contribution in [-0.2, 0) is 14.3 Å². The molecule has 2 rings (SSSR count). The van der Waals surface area contributed by atoms with E-state index in [0.29, 0.717) is 6.61 Å². The summed E-state index contributed by atoms with van der Waals surface area (Å²) in [5.74, 6) is -0.709. The van der Waals surface area contributed by atoms with Crippen molar-refractivity contribution in [3.8, 4) is 5.75 Å². The van der Waals surface area contributed by atoms with Crippen LogP contribution in [0.25, 0.3) is 0 Å². The van der Waals surface area contributed by atoms with Crippen LogP contribution in [0.15, 0.2) is 24.3 Å². The fourth-order valence-corrected chi connectivity index (χ4v) is 2.67. The largest absolute Gasteiger partial charge is 0.496 e. The van der Waals surface area contributed by atoms with Gasteiger partial charge in [0.25, 0.3) is 0 Å². The number of benzene rings is 1. The lowest BCUT2D eigenvalue weighted by Crippen LogP contribution is -2.55. The van der Waals surface area contributed by atoms with Gasteiger partial charge in [-0.1, -0.05) is 25.1 Å². The summed E-state index contributed by atoms with van der Waals surface area (Å²) >= 11 is 0. The number of carbonyl (C=O) groups excluding carboxylic acids is 1. The van der Waals surface area contributed by atoms with Crippen molar-refractivity contribution < 1.29 is 24.2 Å². The Morgan fingerprint density at radius 2 is 2.18 bits per heavy atom. The smallest absolute Gasteiger partial charge is 0.331 e. The molecule has 6 heteroatoms. The van der Waals surface area contributed by atoms with Crippen molar-refractivity contribution in [2.24, 2.45) is 0 Å². The number of rotatable bonds is 6. The van der Waals surface area contributed by atoms with Crippen LogP contribution in [0.1, 0.15) is 31.2 Å². The van der Waals surface area contributed by atoms with Gasteiger partial charge in [0.1, 0.15) is 5.75 Å². The van der Waals surface area contributed by atoms with Crippen molar-refractivity contribution in [2.45, 2.75) is 31.2 Å². The number of hydrogen-bond donors (Lipinski definition) is 2. The Kier molecular flexibility index (Phi) is 5.03. The molecule has 1 aliphatic heterocycles. The molecule has 120 valence electrons. The highest BCUT2D eigenvalue weighted by molar-refractivity contribution is 5.87. The number of amides is 1. The molecule has 0 radical (unpaired) electrons. The molecule has 0 spiro atoms. The van der Waals surface area contributed by atoms with Crippen molar-refractivity contribution in [3.63, 3.8) is 0 Å². The third-order valence-corrected chi connectivity index (χ3v) is 3.97. The lowest BCUT2D eigenvalue weighted by molar-refractivity contribution is -0.147. The molecule has 2 atom stereocenters. The highest BCUT2D eigenvalue weighted by Crippen LogP contribution is 2.29. The molecule has 1 fully saturated rings. The zero-order valence-corrected chi connectivity index (χ0v) is 12.8. The average molecular weight is 307 g/mol. The van der Waals surface area contributed by atoms with E-state index in [1.807, 2.05) is 31.2 Å². The number of nitrogens with one attached hydrogen (secondary N) is 1. The van der Waals surface area contributed by atoms with Crippen LogP contribution >= 0.6 is 0 Å². The average Bonchev–Trinajstić information content (AvgIpc) is 2.96. The van der Waals surface area contributed by atoms with Crippen molar-refractivity contribution in [2.75, 3.05) is 20.3 Å². The zero-order chi connectivity index (χ0) is 16.2. The number of methoxy groups -OCH3 is 1. The van der Waals surface area contributed by atoms with E-state index < -0.39 is 11.5 Å². The standard InChI is InChI=1S/C16H21NO5/c1-11(12-5-3-4-6-13(12)21-2)9-14(18)17-16(15(19)20)7-8-22-10-16/h3-6,11H,7-10H2,1-2H3,(H,17,18)(H,19,20). The highest BCUT2D eigenvalue weighted by Gasteiger charge is 2.43. The van der Waals surface area contributed by atoms with E-state index in [-0.39, 0.29) is 31.3 Å². The Bertz CT molecular complexity index is 551. The van der Waals surface area contributed by atoms with E-state index >= 15 is 0 Å². The van der Waals surface area contributed by atoms with Gasteiger partial charge in [0, 0.05) is 19.4 Å². The maximum atomic E-state index is 12.2. The predicted octanol–water partition coefficient (Wildman–Crippen LogP) is 1.55. The SMILES string of the molecule is COc1ccccc1C(C)CC(=O)NC1(C(=O)O)CCOC1. The summed E-state index contributed by atoms with van der Waals surface area (Å²) in [4.78, 5) is 23.6. The molecule has 6 nitrogen and oxygen atoms in total. The van der Waals surface area contributed by atoms with Crippen LogP contribution in [0, 0.1) is 0 Å². The van der Waals surface area contributed by atoms with Gasteiger partial charge in [-0.05, 0) is 17.5 Å². The summed E-state index contributed by atoms with van der Waals surface area (Å²) in [6.45, 7) is 2.27. The van der Waals surface area contributed by atoms with Gasteiger partial charge in [-0.2, -0.15) is 0 Å². The number of carboxylic acids is 1. The molecule has 1 aliphatic rings. The summed E-state index contributed by atoms with van der Waals surface area (Å²) in [7, 11) is 1.58. The van der Waals surface area contributed by atoms with Gasteiger partial charge in [-0.3, -0.25) is 4.79 Å². The summed E-state index contributed by atoms with van der Waals surface area (Å²) in [5.41, 5.74) is -0.371. The van der Waals surface area contributed by atoms with Crippen molar-refractivity contribution in [1.82, 2.24) is 5.32 Å². The summed E-state index contributed by atoms with van der Waals surface area (Å²) in [5, 5.41) is 12.0. The monoisotopic (exact) mass is 307 g/mol. The third kappa shape index (κ3) is 3.39. The van der Waals surface area contributed by atoms with E-state index in [1.165, 1.54) is 0 Å². The van der Waals surface area contributed by atoms with E-state index in [1.54, 1.807) is 7.11 Å². The molecule has 1 aromatic rings. The quantitative estimate of drug-likeness (QED) is 0.833. The number of carboxylic acid groups (broad SMARTS) is 1. The second-order valence-corrected chi connectivity index (χ2v) is 5.59. The van der Waals surface area contributed by atoms with Crippen LogP contribution in [-0.4, -0.2) is 42.8 Å². The number of carbonyl (C=O) groups is 2. The second kappa shape index (κ2) is 6.79. The van der Waals surface area contributed by atoms with E-state index in [9.17, 15) is 14.7 Å². The minimum atomic E-state index is -1.29. The van der Waals surface area contributed by atoms with Crippen LogP contribution in [0.2, 0.25) is 0 Å². The molecule has 1 aromatic carbocycles. The van der Waals surface area contributed by atoms with Gasteiger partial charge in [0.2, 0.25) is 5.91 Å². The van der Waals surface area contributed by atoms with Crippen molar-refractivity contribution >= 4 is 11.9 Å². The Labute approximate surface area is 129 Å². The number of para-hydroxylation sites is 1. The molecular weight excluding hydrogens is 286 g/mol. The molecule has 0 aromatic heterocycles. The second-order valence-electron chi connectivity index (χ2n) is 5.59. The van der Waals surface area contributed by atoms with Gasteiger partial charge < -0.3 is 19.9 Å². The predicted molar refractivity (Wildman–Crippen MR) is 80.0 cm³/mol. The van der Waals surface area contributed by atoms with Gasteiger partial charge in [0.05, 0.1) is 13.7 Å². The van der Waals surface area contributed by atoms with Crippen molar-refractivity contribution in [3.05, 3.63) is 29.8 Å².